The molecule has 0 amide bonds. The summed E-state index contributed by atoms with van der Waals surface area (Å²) < 4.78 is 13.4. The minimum absolute atomic E-state index is 0.0688. The van der Waals surface area contributed by atoms with E-state index in [2.05, 4.69) is 54.2 Å². The third kappa shape index (κ3) is 6.96. The average molecular weight is 601 g/mol. The van der Waals surface area contributed by atoms with E-state index in [4.69, 9.17) is 28.5 Å². The summed E-state index contributed by atoms with van der Waals surface area (Å²) in [5, 5.41) is 17.4. The van der Waals surface area contributed by atoms with Crippen molar-refractivity contribution < 1.29 is 4.39 Å². The van der Waals surface area contributed by atoms with Crippen molar-refractivity contribution in [1.82, 2.24) is 10.6 Å². The number of nitrogens with one attached hydrogen (secondary N) is 2. The topological polar surface area (TPSA) is 54.3 Å². The minimum Gasteiger partial charge on any atom is -0.365 e. The molecule has 41 heavy (non-hydrogen) atoms. The molecule has 2 saturated carbocycles. The van der Waals surface area contributed by atoms with Crippen molar-refractivity contribution in [2.24, 2.45) is 0 Å². The lowest BCUT2D eigenvalue weighted by molar-refractivity contribution is 0.199. The van der Waals surface area contributed by atoms with Crippen molar-refractivity contribution in [3.8, 4) is 6.07 Å². The minimum atomic E-state index is -0.343. The van der Waals surface area contributed by atoms with Crippen molar-refractivity contribution in [3.63, 3.8) is 0 Å². The molecule has 2 aliphatic heterocycles. The molecule has 0 unspecified atom stereocenters. The lowest BCUT2D eigenvalue weighted by Crippen LogP contribution is -2.67. The standard InChI is InChI=1S/C17H22ClN3.C16H22ClFN2/c1-17(2)11-21(16-6-4-3-5-15(16)20-17)13-8-7-12(10-19)14(18)9-13;1-16(2)10-20(11-7-8-13(18)12(17)9-11)15-6-4-3-5-14(15)19-16/h7-9,15-16,20H,3-6,11H2,1-2H3;7-9,14-15,19H,3-6,10H2,1-2H3/t15-,16-;14-,15+/m00/s1. The Balaban J connectivity index is 0.000000165. The molecular weight excluding hydrogens is 556 g/mol. The van der Waals surface area contributed by atoms with Crippen LogP contribution in [-0.4, -0.2) is 48.3 Å². The molecule has 0 aromatic heterocycles. The predicted molar refractivity (Wildman–Crippen MR) is 169 cm³/mol. The van der Waals surface area contributed by atoms with Gasteiger partial charge in [-0.2, -0.15) is 5.26 Å². The summed E-state index contributed by atoms with van der Waals surface area (Å²) in [6.07, 6.45) is 10.1. The first-order valence-corrected chi connectivity index (χ1v) is 16.0. The molecule has 2 N–H and O–H groups in total. The van der Waals surface area contributed by atoms with Crippen LogP contribution >= 0.6 is 23.2 Å². The SMILES string of the molecule is CC1(C)CN(c2ccc(C#N)c(Cl)c2)[C@H]2CCCC[C@@H]2N1.CC1(C)CN(c2ccc(F)c(Cl)c2)[C@@H]2CCCC[C@@H]2N1. The molecule has 2 aromatic rings. The highest BCUT2D eigenvalue weighted by molar-refractivity contribution is 6.32. The number of benzene rings is 2. The molecule has 0 spiro atoms. The molecule has 5 nitrogen and oxygen atoms in total. The van der Waals surface area contributed by atoms with Crippen LogP contribution in [0.15, 0.2) is 36.4 Å². The number of fused-ring (bicyclic) bond motifs is 2. The third-order valence-electron chi connectivity index (χ3n) is 9.18. The zero-order valence-electron chi connectivity index (χ0n) is 24.8. The van der Waals surface area contributed by atoms with Crippen LogP contribution in [0.4, 0.5) is 15.8 Å². The Labute approximate surface area is 255 Å². The number of piperazine rings is 2. The van der Waals surface area contributed by atoms with Gasteiger partial charge in [-0.3, -0.25) is 0 Å². The van der Waals surface area contributed by atoms with Gasteiger partial charge in [0.15, 0.2) is 0 Å². The maximum absolute atomic E-state index is 13.4. The number of hydrogen-bond donors (Lipinski definition) is 2. The molecule has 0 radical (unpaired) electrons. The molecule has 222 valence electrons. The second-order valence-corrected chi connectivity index (χ2v) is 14.4. The average Bonchev–Trinajstić information content (AvgIpc) is 2.93. The highest BCUT2D eigenvalue weighted by Gasteiger charge is 2.41. The quantitative estimate of drug-likeness (QED) is 0.370. The van der Waals surface area contributed by atoms with Gasteiger partial charge in [-0.25, -0.2) is 4.39 Å². The van der Waals surface area contributed by atoms with Crippen LogP contribution in [0, 0.1) is 17.1 Å². The number of rotatable bonds is 2. The highest BCUT2D eigenvalue weighted by atomic mass is 35.5. The van der Waals surface area contributed by atoms with E-state index in [0.717, 1.165) is 24.5 Å². The molecule has 6 rings (SSSR count). The van der Waals surface area contributed by atoms with E-state index < -0.39 is 0 Å². The molecular formula is C33H44Cl2FN5. The van der Waals surface area contributed by atoms with E-state index in [9.17, 15) is 4.39 Å². The first-order valence-electron chi connectivity index (χ1n) is 15.2. The van der Waals surface area contributed by atoms with Gasteiger partial charge in [-0.1, -0.05) is 48.9 Å². The number of hydrogen-bond acceptors (Lipinski definition) is 5. The largest absolute Gasteiger partial charge is 0.365 e. The lowest BCUT2D eigenvalue weighted by atomic mass is 9.83. The Morgan fingerprint density at radius 3 is 1.68 bits per heavy atom. The van der Waals surface area contributed by atoms with E-state index in [1.165, 1.54) is 57.4 Å². The fourth-order valence-corrected chi connectivity index (χ4v) is 7.88. The van der Waals surface area contributed by atoms with E-state index in [1.54, 1.807) is 6.07 Å². The number of halogens is 3. The fourth-order valence-electron chi connectivity index (χ4n) is 7.49. The van der Waals surface area contributed by atoms with Gasteiger partial charge in [0.1, 0.15) is 11.9 Å². The zero-order chi connectivity index (χ0) is 29.4. The maximum Gasteiger partial charge on any atom is 0.141 e. The second-order valence-electron chi connectivity index (χ2n) is 13.6. The van der Waals surface area contributed by atoms with E-state index >= 15 is 0 Å². The molecule has 2 heterocycles. The Hall–Kier alpha value is -2.04. The smallest absolute Gasteiger partial charge is 0.141 e. The number of nitrogens with zero attached hydrogens (tertiary/aromatic N) is 3. The normalized spacial score (nSPS) is 28.4. The van der Waals surface area contributed by atoms with Crippen LogP contribution in [-0.2, 0) is 0 Å². The molecule has 4 atom stereocenters. The van der Waals surface area contributed by atoms with Crippen LogP contribution in [0.3, 0.4) is 0 Å². The Bertz CT molecular complexity index is 1270. The summed E-state index contributed by atoms with van der Waals surface area (Å²) in [7, 11) is 0. The van der Waals surface area contributed by atoms with E-state index in [-0.39, 0.29) is 21.9 Å². The summed E-state index contributed by atoms with van der Waals surface area (Å²) in [5.74, 6) is -0.343. The second kappa shape index (κ2) is 12.3. The highest BCUT2D eigenvalue weighted by Crippen LogP contribution is 2.36. The summed E-state index contributed by atoms with van der Waals surface area (Å²) in [6.45, 7) is 10.9. The van der Waals surface area contributed by atoms with Crippen molar-refractivity contribution in [1.29, 1.82) is 5.26 Å². The van der Waals surface area contributed by atoms with Gasteiger partial charge in [-0.15, -0.1) is 0 Å². The van der Waals surface area contributed by atoms with Crippen molar-refractivity contribution in [2.45, 2.75) is 114 Å². The fraction of sp³-hybridized carbons (Fsp3) is 0.606. The summed E-state index contributed by atoms with van der Waals surface area (Å²) >= 11 is 12.2. The summed E-state index contributed by atoms with van der Waals surface area (Å²) in [4.78, 5) is 4.92. The molecule has 8 heteroatoms. The van der Waals surface area contributed by atoms with Crippen LogP contribution in [0.2, 0.25) is 10.0 Å². The van der Waals surface area contributed by atoms with Crippen molar-refractivity contribution in [2.75, 3.05) is 22.9 Å². The van der Waals surface area contributed by atoms with Gasteiger partial charge >= 0.3 is 0 Å². The lowest BCUT2D eigenvalue weighted by Gasteiger charge is -2.52. The van der Waals surface area contributed by atoms with Gasteiger partial charge in [0.2, 0.25) is 0 Å². The first-order chi connectivity index (χ1) is 19.5. The zero-order valence-corrected chi connectivity index (χ0v) is 26.3. The molecule has 4 fully saturated rings. The number of anilines is 2. The van der Waals surface area contributed by atoms with E-state index in [0.29, 0.717) is 34.8 Å². The molecule has 4 aliphatic rings. The predicted octanol–water partition coefficient (Wildman–Crippen LogP) is 7.69. The molecule has 2 aromatic carbocycles. The Morgan fingerprint density at radius 2 is 1.22 bits per heavy atom. The first kappa shape index (κ1) is 30.4. The summed E-state index contributed by atoms with van der Waals surface area (Å²) in [6, 6.07) is 15.2. The summed E-state index contributed by atoms with van der Waals surface area (Å²) in [5.41, 5.74) is 2.90. The van der Waals surface area contributed by atoms with Crippen LogP contribution in [0.25, 0.3) is 0 Å². The van der Waals surface area contributed by atoms with Gasteiger partial charge in [0, 0.05) is 59.7 Å². The Morgan fingerprint density at radius 1 is 0.756 bits per heavy atom. The number of nitriles is 1. The molecule has 0 bridgehead atoms. The van der Waals surface area contributed by atoms with Crippen molar-refractivity contribution in [3.05, 3.63) is 57.8 Å². The van der Waals surface area contributed by atoms with Crippen molar-refractivity contribution >= 4 is 34.6 Å². The van der Waals surface area contributed by atoms with Gasteiger partial charge < -0.3 is 20.4 Å². The van der Waals surface area contributed by atoms with Crippen LogP contribution < -0.4 is 20.4 Å². The van der Waals surface area contributed by atoms with Gasteiger partial charge in [0.25, 0.3) is 0 Å². The monoisotopic (exact) mass is 599 g/mol. The third-order valence-corrected chi connectivity index (χ3v) is 9.79. The molecule has 2 saturated heterocycles. The van der Waals surface area contributed by atoms with Crippen LogP contribution in [0.1, 0.15) is 84.6 Å². The maximum atomic E-state index is 13.4. The van der Waals surface area contributed by atoms with Gasteiger partial charge in [0.05, 0.1) is 15.6 Å². The van der Waals surface area contributed by atoms with Gasteiger partial charge in [-0.05, 0) is 89.8 Å². The van der Waals surface area contributed by atoms with E-state index in [1.807, 2.05) is 24.3 Å². The Kier molecular flexibility index (Phi) is 9.12. The molecule has 2 aliphatic carbocycles. The van der Waals surface area contributed by atoms with Crippen LogP contribution in [0.5, 0.6) is 0 Å².